The largest absolute Gasteiger partial charge is 0.421 e. The van der Waals surface area contributed by atoms with Crippen molar-refractivity contribution in [3.8, 4) is 5.75 Å². The SMILES string of the molecule is O=C(NCCc1ccc2c(n1)NCC(=O)O2)Nc1cccc(F)c1. The Hall–Kier alpha value is -3.16. The lowest BCUT2D eigenvalue weighted by Crippen LogP contribution is -2.30. The molecule has 0 saturated heterocycles. The summed E-state index contributed by atoms with van der Waals surface area (Å²) in [6.07, 6.45) is 0.499. The molecule has 1 aliphatic heterocycles. The number of ether oxygens (including phenoxy) is 1. The standard InChI is InChI=1S/C16H15FN4O3/c17-10-2-1-3-12(8-10)21-16(23)18-7-6-11-4-5-13-15(20-11)19-9-14(22)24-13/h1-5,8H,6-7,9H2,(H,19,20)(H2,18,21,23). The molecule has 1 aromatic carbocycles. The Morgan fingerprint density at radius 1 is 1.33 bits per heavy atom. The number of carbonyl (C=O) groups is 2. The van der Waals surface area contributed by atoms with Gasteiger partial charge >= 0.3 is 12.0 Å². The number of benzene rings is 1. The van der Waals surface area contributed by atoms with E-state index < -0.39 is 11.8 Å². The molecule has 0 radical (unpaired) electrons. The zero-order valence-corrected chi connectivity index (χ0v) is 12.6. The number of rotatable bonds is 4. The molecule has 0 aliphatic carbocycles. The second-order valence-corrected chi connectivity index (χ2v) is 5.12. The van der Waals surface area contributed by atoms with Crippen molar-refractivity contribution in [1.82, 2.24) is 10.3 Å². The van der Waals surface area contributed by atoms with E-state index in [9.17, 15) is 14.0 Å². The lowest BCUT2D eigenvalue weighted by Gasteiger charge is -2.17. The van der Waals surface area contributed by atoms with Gasteiger partial charge in [0.05, 0.1) is 0 Å². The molecule has 1 aliphatic rings. The Morgan fingerprint density at radius 2 is 2.21 bits per heavy atom. The zero-order valence-electron chi connectivity index (χ0n) is 12.6. The third kappa shape index (κ3) is 3.97. The number of aromatic nitrogens is 1. The number of carbonyl (C=O) groups excluding carboxylic acids is 2. The first-order chi connectivity index (χ1) is 11.6. The summed E-state index contributed by atoms with van der Waals surface area (Å²) in [7, 11) is 0. The van der Waals surface area contributed by atoms with Crippen molar-refractivity contribution < 1.29 is 18.7 Å². The van der Waals surface area contributed by atoms with Crippen LogP contribution in [0.15, 0.2) is 36.4 Å². The number of anilines is 2. The average Bonchev–Trinajstić information content (AvgIpc) is 2.55. The first-order valence-corrected chi connectivity index (χ1v) is 7.35. The van der Waals surface area contributed by atoms with Crippen molar-refractivity contribution in [2.24, 2.45) is 0 Å². The predicted molar refractivity (Wildman–Crippen MR) is 85.5 cm³/mol. The zero-order chi connectivity index (χ0) is 16.9. The number of amides is 2. The molecule has 3 rings (SSSR count). The van der Waals surface area contributed by atoms with Crippen LogP contribution in [0, 0.1) is 5.82 Å². The molecule has 0 atom stereocenters. The van der Waals surface area contributed by atoms with E-state index in [1.54, 1.807) is 18.2 Å². The molecule has 24 heavy (non-hydrogen) atoms. The van der Waals surface area contributed by atoms with Crippen molar-refractivity contribution in [1.29, 1.82) is 0 Å². The van der Waals surface area contributed by atoms with E-state index in [0.717, 1.165) is 5.69 Å². The van der Waals surface area contributed by atoms with Crippen LogP contribution in [0.1, 0.15) is 5.69 Å². The monoisotopic (exact) mass is 330 g/mol. The highest BCUT2D eigenvalue weighted by atomic mass is 19.1. The number of fused-ring (bicyclic) bond motifs is 1. The van der Waals surface area contributed by atoms with Crippen molar-refractivity contribution in [3.05, 3.63) is 47.9 Å². The molecule has 3 N–H and O–H groups in total. The summed E-state index contributed by atoms with van der Waals surface area (Å²) >= 11 is 0. The fraction of sp³-hybridized carbons (Fsp3) is 0.188. The Bertz CT molecular complexity index is 782. The van der Waals surface area contributed by atoms with Crippen LogP contribution in [0.25, 0.3) is 0 Å². The van der Waals surface area contributed by atoms with Crippen LogP contribution in [0.4, 0.5) is 20.7 Å². The van der Waals surface area contributed by atoms with Gasteiger partial charge in [-0.3, -0.25) is 0 Å². The van der Waals surface area contributed by atoms with Crippen molar-refractivity contribution in [2.45, 2.75) is 6.42 Å². The summed E-state index contributed by atoms with van der Waals surface area (Å²) < 4.78 is 18.1. The van der Waals surface area contributed by atoms with Crippen molar-refractivity contribution >= 4 is 23.5 Å². The molecule has 0 spiro atoms. The molecule has 2 aromatic rings. The third-order valence-electron chi connectivity index (χ3n) is 3.29. The van der Waals surface area contributed by atoms with E-state index in [1.807, 2.05) is 0 Å². The lowest BCUT2D eigenvalue weighted by atomic mass is 10.2. The predicted octanol–water partition coefficient (Wildman–Crippen LogP) is 1.92. The molecule has 0 fully saturated rings. The summed E-state index contributed by atoms with van der Waals surface area (Å²) in [5, 5.41) is 8.08. The number of pyridine rings is 1. The second-order valence-electron chi connectivity index (χ2n) is 5.12. The van der Waals surface area contributed by atoms with E-state index in [0.29, 0.717) is 30.2 Å². The smallest absolute Gasteiger partial charge is 0.330 e. The Kier molecular flexibility index (Phi) is 4.55. The molecule has 7 nitrogen and oxygen atoms in total. The van der Waals surface area contributed by atoms with Gasteiger partial charge in [0.2, 0.25) is 0 Å². The molecular weight excluding hydrogens is 315 g/mol. The van der Waals surface area contributed by atoms with Crippen LogP contribution in [0.2, 0.25) is 0 Å². The van der Waals surface area contributed by atoms with Crippen molar-refractivity contribution in [2.75, 3.05) is 23.7 Å². The van der Waals surface area contributed by atoms with Gasteiger partial charge in [0.15, 0.2) is 11.6 Å². The van der Waals surface area contributed by atoms with Gasteiger partial charge in [-0.15, -0.1) is 0 Å². The number of esters is 1. The summed E-state index contributed by atoms with van der Waals surface area (Å²) in [5.74, 6) is 0.134. The second kappa shape index (κ2) is 6.95. The molecule has 124 valence electrons. The summed E-state index contributed by atoms with van der Waals surface area (Å²) in [6.45, 7) is 0.435. The number of nitrogens with one attached hydrogen (secondary N) is 3. The van der Waals surface area contributed by atoms with E-state index in [-0.39, 0.29) is 12.5 Å². The van der Waals surface area contributed by atoms with E-state index in [4.69, 9.17) is 4.74 Å². The third-order valence-corrected chi connectivity index (χ3v) is 3.29. The number of halogens is 1. The van der Waals surface area contributed by atoms with E-state index in [1.165, 1.54) is 18.2 Å². The minimum Gasteiger partial charge on any atom is -0.421 e. The molecule has 8 heteroatoms. The summed E-state index contributed by atoms with van der Waals surface area (Å²) in [6, 6.07) is 8.61. The quantitative estimate of drug-likeness (QED) is 0.745. The maximum absolute atomic E-state index is 13.0. The van der Waals surface area contributed by atoms with Gasteiger partial charge in [0, 0.05) is 24.3 Å². The first kappa shape index (κ1) is 15.7. The van der Waals surface area contributed by atoms with Gasteiger partial charge < -0.3 is 20.7 Å². The van der Waals surface area contributed by atoms with Crippen LogP contribution < -0.4 is 20.7 Å². The topological polar surface area (TPSA) is 92.4 Å². The molecule has 1 aromatic heterocycles. The highest BCUT2D eigenvalue weighted by molar-refractivity contribution is 5.89. The molecule has 0 unspecified atom stereocenters. The summed E-state index contributed by atoms with van der Waals surface area (Å²) in [5.41, 5.74) is 1.12. The first-order valence-electron chi connectivity index (χ1n) is 7.35. The van der Waals surface area contributed by atoms with Crippen LogP contribution in [0.5, 0.6) is 5.75 Å². The minimum atomic E-state index is -0.425. The summed E-state index contributed by atoms with van der Waals surface area (Å²) in [4.78, 5) is 27.2. The Morgan fingerprint density at radius 3 is 3.04 bits per heavy atom. The Labute approximate surface area is 137 Å². The number of urea groups is 1. The molecule has 2 heterocycles. The number of hydrogen-bond acceptors (Lipinski definition) is 5. The van der Waals surface area contributed by atoms with E-state index >= 15 is 0 Å². The maximum atomic E-state index is 13.0. The normalized spacial score (nSPS) is 12.6. The van der Waals surface area contributed by atoms with Gasteiger partial charge in [0.1, 0.15) is 12.4 Å². The van der Waals surface area contributed by atoms with Gasteiger partial charge in [-0.1, -0.05) is 6.07 Å². The van der Waals surface area contributed by atoms with Gasteiger partial charge in [-0.25, -0.2) is 19.0 Å². The van der Waals surface area contributed by atoms with Crippen molar-refractivity contribution in [3.63, 3.8) is 0 Å². The van der Waals surface area contributed by atoms with Crippen LogP contribution in [0.3, 0.4) is 0 Å². The lowest BCUT2D eigenvalue weighted by molar-refractivity contribution is -0.132. The average molecular weight is 330 g/mol. The van der Waals surface area contributed by atoms with Gasteiger partial charge in [-0.05, 0) is 30.3 Å². The van der Waals surface area contributed by atoms with E-state index in [2.05, 4.69) is 20.9 Å². The maximum Gasteiger partial charge on any atom is 0.330 e. The fourth-order valence-corrected chi connectivity index (χ4v) is 2.20. The highest BCUT2D eigenvalue weighted by Crippen LogP contribution is 2.25. The number of nitrogens with zero attached hydrogens (tertiary/aromatic N) is 1. The molecule has 0 bridgehead atoms. The van der Waals surface area contributed by atoms with Gasteiger partial charge in [-0.2, -0.15) is 0 Å². The molecular formula is C16H15FN4O3. The molecule has 2 amide bonds. The minimum absolute atomic E-state index is 0.0811. The molecule has 0 saturated carbocycles. The fourth-order valence-electron chi connectivity index (χ4n) is 2.20. The van der Waals surface area contributed by atoms with Crippen LogP contribution >= 0.6 is 0 Å². The van der Waals surface area contributed by atoms with Gasteiger partial charge in [0.25, 0.3) is 0 Å². The Balaban J connectivity index is 1.49. The highest BCUT2D eigenvalue weighted by Gasteiger charge is 2.17. The number of hydrogen-bond donors (Lipinski definition) is 3. The van der Waals surface area contributed by atoms with Crippen LogP contribution in [-0.4, -0.2) is 30.1 Å². The van der Waals surface area contributed by atoms with Crippen LogP contribution in [-0.2, 0) is 11.2 Å².